The number of hydrogen-bond acceptors (Lipinski definition) is 3. The number of rotatable bonds is 5. The maximum Gasteiger partial charge on any atom is 0.239 e. The van der Waals surface area contributed by atoms with Gasteiger partial charge in [0.25, 0.3) is 0 Å². The lowest BCUT2D eigenvalue weighted by molar-refractivity contribution is -0.132. The van der Waals surface area contributed by atoms with Crippen LogP contribution in [0.25, 0.3) is 0 Å². The zero-order valence-electron chi connectivity index (χ0n) is 12.3. The Morgan fingerprint density at radius 1 is 1.25 bits per heavy atom. The number of aromatic hydroxyl groups is 1. The Morgan fingerprint density at radius 3 is 2.45 bits per heavy atom. The molecule has 1 saturated heterocycles. The molecule has 2 rings (SSSR count). The average Bonchev–Trinajstić information content (AvgIpc) is 2.94. The molecule has 1 aromatic rings. The molecule has 2 atom stereocenters. The molecule has 20 heavy (non-hydrogen) atoms. The minimum atomic E-state index is -0.139. The van der Waals surface area contributed by atoms with E-state index in [1.165, 1.54) is 0 Å². The van der Waals surface area contributed by atoms with Crippen LogP contribution in [0.3, 0.4) is 0 Å². The molecule has 1 heterocycles. The third-order valence-corrected chi connectivity index (χ3v) is 3.80. The molecule has 1 aliphatic heterocycles. The molecule has 4 nitrogen and oxygen atoms in total. The minimum absolute atomic E-state index is 0.139. The molecule has 110 valence electrons. The van der Waals surface area contributed by atoms with Crippen LogP contribution in [0.1, 0.15) is 32.3 Å². The number of benzene rings is 1. The zero-order valence-corrected chi connectivity index (χ0v) is 12.3. The molecular weight excluding hydrogens is 252 g/mol. The van der Waals surface area contributed by atoms with Crippen LogP contribution in [-0.2, 0) is 11.2 Å². The zero-order chi connectivity index (χ0) is 14.5. The molecular formula is C16H24N2O2. The smallest absolute Gasteiger partial charge is 0.239 e. The van der Waals surface area contributed by atoms with Crippen molar-refractivity contribution >= 4 is 5.91 Å². The normalized spacial score (nSPS) is 18.0. The van der Waals surface area contributed by atoms with Crippen LogP contribution < -0.4 is 5.32 Å². The summed E-state index contributed by atoms with van der Waals surface area (Å²) in [4.78, 5) is 14.2. The summed E-state index contributed by atoms with van der Waals surface area (Å²) in [7, 11) is 0. The highest BCUT2D eigenvalue weighted by atomic mass is 16.3. The summed E-state index contributed by atoms with van der Waals surface area (Å²) in [5, 5.41) is 12.6. The quantitative estimate of drug-likeness (QED) is 0.864. The van der Waals surface area contributed by atoms with E-state index >= 15 is 0 Å². The lowest BCUT2D eigenvalue weighted by atomic mass is 10.1. The largest absolute Gasteiger partial charge is 0.508 e. The fourth-order valence-corrected chi connectivity index (χ4v) is 2.75. The second-order valence-corrected chi connectivity index (χ2v) is 5.69. The fraction of sp³-hybridized carbons (Fsp3) is 0.562. The van der Waals surface area contributed by atoms with Crippen molar-refractivity contribution in [1.82, 2.24) is 10.2 Å². The van der Waals surface area contributed by atoms with E-state index in [0.717, 1.165) is 37.9 Å². The molecule has 0 radical (unpaired) electrons. The van der Waals surface area contributed by atoms with Gasteiger partial charge in [-0.3, -0.25) is 4.79 Å². The molecule has 0 bridgehead atoms. The summed E-state index contributed by atoms with van der Waals surface area (Å²) in [6.45, 7) is 5.82. The number of likely N-dealkylation sites (tertiary alicyclic amines) is 1. The molecule has 2 unspecified atom stereocenters. The highest BCUT2D eigenvalue weighted by Gasteiger charge is 2.23. The average molecular weight is 276 g/mol. The lowest BCUT2D eigenvalue weighted by Crippen LogP contribution is -2.47. The van der Waals surface area contributed by atoms with Crippen molar-refractivity contribution in [1.29, 1.82) is 0 Å². The van der Waals surface area contributed by atoms with E-state index in [1.54, 1.807) is 12.1 Å². The van der Waals surface area contributed by atoms with Gasteiger partial charge in [0.1, 0.15) is 5.75 Å². The van der Waals surface area contributed by atoms with Gasteiger partial charge in [0.15, 0.2) is 0 Å². The van der Waals surface area contributed by atoms with Crippen LogP contribution in [0.5, 0.6) is 5.75 Å². The second-order valence-electron chi connectivity index (χ2n) is 5.69. The molecule has 0 aliphatic carbocycles. The van der Waals surface area contributed by atoms with Crippen molar-refractivity contribution in [2.45, 2.75) is 45.2 Å². The van der Waals surface area contributed by atoms with Crippen molar-refractivity contribution in [3.8, 4) is 5.75 Å². The van der Waals surface area contributed by atoms with E-state index < -0.39 is 0 Å². The SMILES string of the molecule is CC(Cc1ccc(O)cc1)NC(C)C(=O)N1CCCC1. The van der Waals surface area contributed by atoms with E-state index in [2.05, 4.69) is 12.2 Å². The van der Waals surface area contributed by atoms with Gasteiger partial charge in [-0.1, -0.05) is 12.1 Å². The summed E-state index contributed by atoms with van der Waals surface area (Å²) in [5.74, 6) is 0.493. The Morgan fingerprint density at radius 2 is 1.85 bits per heavy atom. The molecule has 0 aromatic heterocycles. The Hall–Kier alpha value is -1.55. The van der Waals surface area contributed by atoms with Crippen molar-refractivity contribution in [3.05, 3.63) is 29.8 Å². The first kappa shape index (κ1) is 14.9. The number of carbonyl (C=O) groups is 1. The summed E-state index contributed by atoms with van der Waals surface area (Å²) >= 11 is 0. The van der Waals surface area contributed by atoms with Gasteiger partial charge in [0.05, 0.1) is 6.04 Å². The van der Waals surface area contributed by atoms with E-state index in [0.29, 0.717) is 0 Å². The number of phenols is 1. The predicted molar refractivity (Wildman–Crippen MR) is 79.7 cm³/mol. The van der Waals surface area contributed by atoms with Crippen LogP contribution in [0.2, 0.25) is 0 Å². The Labute approximate surface area is 120 Å². The maximum atomic E-state index is 12.2. The van der Waals surface area contributed by atoms with E-state index in [9.17, 15) is 9.90 Å². The predicted octanol–water partition coefficient (Wildman–Crippen LogP) is 1.92. The standard InChI is InChI=1S/C16H24N2O2/c1-12(11-14-5-7-15(19)8-6-14)17-13(2)16(20)18-9-3-4-10-18/h5-8,12-13,17,19H,3-4,9-11H2,1-2H3. The fourth-order valence-electron chi connectivity index (χ4n) is 2.75. The van der Waals surface area contributed by atoms with Gasteiger partial charge < -0.3 is 15.3 Å². The molecule has 4 heteroatoms. The van der Waals surface area contributed by atoms with Crippen LogP contribution in [-0.4, -0.2) is 41.1 Å². The van der Waals surface area contributed by atoms with Crippen molar-refractivity contribution in [2.24, 2.45) is 0 Å². The van der Waals surface area contributed by atoms with E-state index in [4.69, 9.17) is 0 Å². The van der Waals surface area contributed by atoms with Gasteiger partial charge in [0, 0.05) is 19.1 Å². The third kappa shape index (κ3) is 3.97. The van der Waals surface area contributed by atoms with E-state index in [-0.39, 0.29) is 23.7 Å². The number of amides is 1. The van der Waals surface area contributed by atoms with Gasteiger partial charge in [0.2, 0.25) is 5.91 Å². The topological polar surface area (TPSA) is 52.6 Å². The van der Waals surface area contributed by atoms with Gasteiger partial charge in [-0.25, -0.2) is 0 Å². The molecule has 2 N–H and O–H groups in total. The molecule has 0 spiro atoms. The Kier molecular flexibility index (Phi) is 5.01. The monoisotopic (exact) mass is 276 g/mol. The minimum Gasteiger partial charge on any atom is -0.508 e. The van der Waals surface area contributed by atoms with Crippen molar-refractivity contribution in [2.75, 3.05) is 13.1 Å². The van der Waals surface area contributed by atoms with Crippen molar-refractivity contribution < 1.29 is 9.90 Å². The number of carbonyl (C=O) groups excluding carboxylic acids is 1. The highest BCUT2D eigenvalue weighted by molar-refractivity contribution is 5.81. The first-order chi connectivity index (χ1) is 9.56. The summed E-state index contributed by atoms with van der Waals surface area (Å²) in [6, 6.07) is 7.31. The van der Waals surface area contributed by atoms with Gasteiger partial charge in [-0.15, -0.1) is 0 Å². The van der Waals surface area contributed by atoms with Gasteiger partial charge in [-0.05, 0) is 50.8 Å². The number of nitrogens with zero attached hydrogens (tertiary/aromatic N) is 1. The van der Waals surface area contributed by atoms with Crippen LogP contribution >= 0.6 is 0 Å². The third-order valence-electron chi connectivity index (χ3n) is 3.80. The Bertz CT molecular complexity index is 438. The maximum absolute atomic E-state index is 12.2. The van der Waals surface area contributed by atoms with Crippen LogP contribution in [0.4, 0.5) is 0 Å². The van der Waals surface area contributed by atoms with Gasteiger partial charge in [-0.2, -0.15) is 0 Å². The van der Waals surface area contributed by atoms with Gasteiger partial charge >= 0.3 is 0 Å². The molecule has 1 aromatic carbocycles. The van der Waals surface area contributed by atoms with Crippen LogP contribution in [0.15, 0.2) is 24.3 Å². The Balaban J connectivity index is 1.82. The molecule has 1 amide bonds. The highest BCUT2D eigenvalue weighted by Crippen LogP contribution is 2.12. The first-order valence-electron chi connectivity index (χ1n) is 7.39. The summed E-state index contributed by atoms with van der Waals surface area (Å²) in [6.07, 6.45) is 3.10. The summed E-state index contributed by atoms with van der Waals surface area (Å²) in [5.41, 5.74) is 1.16. The second kappa shape index (κ2) is 6.75. The van der Waals surface area contributed by atoms with E-state index in [1.807, 2.05) is 24.0 Å². The molecule has 0 saturated carbocycles. The summed E-state index contributed by atoms with van der Waals surface area (Å²) < 4.78 is 0. The number of nitrogens with one attached hydrogen (secondary N) is 1. The first-order valence-corrected chi connectivity index (χ1v) is 7.39. The molecule has 1 aliphatic rings. The number of hydrogen-bond donors (Lipinski definition) is 2. The lowest BCUT2D eigenvalue weighted by Gasteiger charge is -2.24. The molecule has 1 fully saturated rings. The number of phenolic OH excluding ortho intramolecular Hbond substituents is 1. The van der Waals surface area contributed by atoms with Crippen LogP contribution in [0, 0.1) is 0 Å². The van der Waals surface area contributed by atoms with Crippen molar-refractivity contribution in [3.63, 3.8) is 0 Å².